The maximum atomic E-state index is 5.90. The van der Waals surface area contributed by atoms with Gasteiger partial charge in [-0.15, -0.1) is 10.2 Å². The minimum Gasteiger partial charge on any atom is -0.488 e. The van der Waals surface area contributed by atoms with Gasteiger partial charge >= 0.3 is 0 Å². The number of anilines is 1. The fraction of sp³-hybridized carbons (Fsp3) is 0.273. The monoisotopic (exact) mass is 216 g/mol. The molecule has 0 bridgehead atoms. The van der Waals surface area contributed by atoms with Gasteiger partial charge in [-0.1, -0.05) is 6.07 Å². The van der Waals surface area contributed by atoms with Crippen LogP contribution in [0, 0.1) is 0 Å². The van der Waals surface area contributed by atoms with Crippen LogP contribution in [0.5, 0.6) is 5.75 Å². The Bertz CT molecular complexity index is 535. The number of benzene rings is 1. The van der Waals surface area contributed by atoms with E-state index in [9.17, 15) is 0 Å². The summed E-state index contributed by atoms with van der Waals surface area (Å²) in [4.78, 5) is 0. The van der Waals surface area contributed by atoms with Crippen molar-refractivity contribution in [3.05, 3.63) is 24.5 Å². The summed E-state index contributed by atoms with van der Waals surface area (Å²) in [6.07, 6.45) is 1.72. The molecule has 2 heterocycles. The van der Waals surface area contributed by atoms with Gasteiger partial charge in [0.1, 0.15) is 12.9 Å². The Morgan fingerprint density at radius 3 is 3.25 bits per heavy atom. The van der Waals surface area contributed by atoms with Crippen LogP contribution in [0.4, 0.5) is 5.69 Å². The third-order valence-corrected chi connectivity index (χ3v) is 2.80. The Hall–Kier alpha value is -2.04. The Kier molecular flexibility index (Phi) is 1.86. The second-order valence-electron chi connectivity index (χ2n) is 3.95. The van der Waals surface area contributed by atoms with Crippen LogP contribution in [0.25, 0.3) is 11.4 Å². The van der Waals surface area contributed by atoms with Crippen molar-refractivity contribution >= 4 is 5.69 Å². The van der Waals surface area contributed by atoms with Crippen molar-refractivity contribution in [1.82, 2.24) is 14.8 Å². The molecule has 82 valence electrons. The van der Waals surface area contributed by atoms with Gasteiger partial charge in [-0.25, -0.2) is 0 Å². The predicted molar refractivity (Wildman–Crippen MR) is 60.1 cm³/mol. The quantitative estimate of drug-likeness (QED) is 0.677. The molecule has 0 saturated heterocycles. The number of para-hydroxylation sites is 1. The van der Waals surface area contributed by atoms with E-state index >= 15 is 0 Å². The predicted octanol–water partition coefficient (Wildman–Crippen LogP) is 1.48. The van der Waals surface area contributed by atoms with Gasteiger partial charge in [0.2, 0.25) is 0 Å². The molecule has 2 aromatic rings. The summed E-state index contributed by atoms with van der Waals surface area (Å²) in [5.41, 5.74) is 7.44. The summed E-state index contributed by atoms with van der Waals surface area (Å²) in [5.74, 6) is 1.52. The van der Waals surface area contributed by atoms with E-state index in [0.29, 0.717) is 18.0 Å². The fourth-order valence-corrected chi connectivity index (χ4v) is 1.93. The van der Waals surface area contributed by atoms with E-state index in [4.69, 9.17) is 10.5 Å². The summed E-state index contributed by atoms with van der Waals surface area (Å²) >= 11 is 0. The first-order valence-electron chi connectivity index (χ1n) is 5.18. The summed E-state index contributed by atoms with van der Waals surface area (Å²) < 4.78 is 7.72. The molecule has 0 spiro atoms. The molecule has 16 heavy (non-hydrogen) atoms. The maximum Gasteiger partial charge on any atom is 0.167 e. The van der Waals surface area contributed by atoms with E-state index in [1.165, 1.54) is 0 Å². The summed E-state index contributed by atoms with van der Waals surface area (Å²) in [6.45, 7) is 2.64. The normalized spacial score (nSPS) is 18.2. The first kappa shape index (κ1) is 9.21. The zero-order valence-corrected chi connectivity index (χ0v) is 8.92. The molecule has 1 aromatic carbocycles. The second-order valence-corrected chi connectivity index (χ2v) is 3.95. The largest absolute Gasteiger partial charge is 0.488 e. The summed E-state index contributed by atoms with van der Waals surface area (Å²) in [7, 11) is 0. The Morgan fingerprint density at radius 2 is 2.38 bits per heavy atom. The van der Waals surface area contributed by atoms with Gasteiger partial charge in [0, 0.05) is 0 Å². The van der Waals surface area contributed by atoms with Gasteiger partial charge in [-0.2, -0.15) is 0 Å². The number of hydrogen-bond acceptors (Lipinski definition) is 4. The Labute approximate surface area is 92.9 Å². The van der Waals surface area contributed by atoms with Crippen molar-refractivity contribution in [3.8, 4) is 17.1 Å². The highest BCUT2D eigenvalue weighted by molar-refractivity contribution is 5.73. The van der Waals surface area contributed by atoms with Crippen molar-refractivity contribution in [1.29, 1.82) is 0 Å². The van der Waals surface area contributed by atoms with Crippen molar-refractivity contribution < 1.29 is 4.74 Å². The molecule has 1 aliphatic heterocycles. The molecule has 5 nitrogen and oxygen atoms in total. The minimum absolute atomic E-state index is 0.205. The topological polar surface area (TPSA) is 66.0 Å². The lowest BCUT2D eigenvalue weighted by molar-refractivity contribution is 0.270. The summed E-state index contributed by atoms with van der Waals surface area (Å²) in [5, 5.41) is 8.07. The van der Waals surface area contributed by atoms with Crippen molar-refractivity contribution in [2.45, 2.75) is 13.0 Å². The number of nitrogens with two attached hydrogens (primary N) is 1. The molecule has 5 heteroatoms. The molecular weight excluding hydrogens is 204 g/mol. The first-order chi connectivity index (χ1) is 7.77. The molecule has 3 rings (SSSR count). The smallest absolute Gasteiger partial charge is 0.167 e. The standard InChI is InChI=1S/C11H12N4O/c1-7-5-16-10-8(3-2-4-9(10)12)11-14-13-6-15(7)11/h2-4,6-7H,5,12H2,1H3/t7-/m0/s1. The van der Waals surface area contributed by atoms with Gasteiger partial charge in [0.05, 0.1) is 17.3 Å². The molecule has 1 atom stereocenters. The van der Waals surface area contributed by atoms with Crippen LogP contribution in [-0.2, 0) is 0 Å². The van der Waals surface area contributed by atoms with Crippen LogP contribution in [0.2, 0.25) is 0 Å². The van der Waals surface area contributed by atoms with Gasteiger partial charge in [-0.05, 0) is 19.1 Å². The average Bonchev–Trinajstić information content (AvgIpc) is 2.71. The van der Waals surface area contributed by atoms with E-state index < -0.39 is 0 Å². The van der Waals surface area contributed by atoms with E-state index in [1.807, 2.05) is 22.8 Å². The van der Waals surface area contributed by atoms with Crippen molar-refractivity contribution in [2.24, 2.45) is 0 Å². The number of nitrogen functional groups attached to an aromatic ring is 1. The van der Waals surface area contributed by atoms with E-state index in [-0.39, 0.29) is 6.04 Å². The summed E-state index contributed by atoms with van der Waals surface area (Å²) in [6, 6.07) is 5.88. The van der Waals surface area contributed by atoms with Crippen molar-refractivity contribution in [3.63, 3.8) is 0 Å². The lowest BCUT2D eigenvalue weighted by Gasteiger charge is -2.11. The number of aromatic nitrogens is 3. The van der Waals surface area contributed by atoms with Crippen LogP contribution < -0.4 is 10.5 Å². The molecule has 1 aromatic heterocycles. The van der Waals surface area contributed by atoms with Crippen molar-refractivity contribution in [2.75, 3.05) is 12.3 Å². The lowest BCUT2D eigenvalue weighted by atomic mass is 10.1. The molecule has 2 N–H and O–H groups in total. The van der Waals surface area contributed by atoms with Crippen LogP contribution in [0.1, 0.15) is 13.0 Å². The van der Waals surface area contributed by atoms with Crippen LogP contribution in [0.3, 0.4) is 0 Å². The SMILES string of the molecule is C[C@H]1COc2c(N)cccc2-c2nncn21. The third kappa shape index (κ3) is 1.18. The van der Waals surface area contributed by atoms with E-state index in [0.717, 1.165) is 11.4 Å². The maximum absolute atomic E-state index is 5.90. The molecule has 1 aliphatic rings. The number of rotatable bonds is 0. The highest BCUT2D eigenvalue weighted by atomic mass is 16.5. The highest BCUT2D eigenvalue weighted by Crippen LogP contribution is 2.37. The van der Waals surface area contributed by atoms with Gasteiger partial charge in [-0.3, -0.25) is 0 Å². The molecule has 0 aliphatic carbocycles. The lowest BCUT2D eigenvalue weighted by Crippen LogP contribution is -2.11. The van der Waals surface area contributed by atoms with E-state index in [1.54, 1.807) is 6.33 Å². The number of hydrogen-bond donors (Lipinski definition) is 1. The third-order valence-electron chi connectivity index (χ3n) is 2.80. The minimum atomic E-state index is 0.205. The average molecular weight is 216 g/mol. The zero-order chi connectivity index (χ0) is 11.1. The first-order valence-corrected chi connectivity index (χ1v) is 5.18. The van der Waals surface area contributed by atoms with Gasteiger partial charge in [0.25, 0.3) is 0 Å². The zero-order valence-electron chi connectivity index (χ0n) is 8.92. The number of fused-ring (bicyclic) bond motifs is 3. The Morgan fingerprint density at radius 1 is 1.50 bits per heavy atom. The number of ether oxygens (including phenoxy) is 1. The molecule has 0 radical (unpaired) electrons. The second kappa shape index (κ2) is 3.23. The Balaban J connectivity index is 2.29. The molecule has 0 saturated carbocycles. The molecule has 0 amide bonds. The molecule has 0 fully saturated rings. The molecular formula is C11H12N4O. The van der Waals surface area contributed by atoms with Crippen LogP contribution in [0.15, 0.2) is 24.5 Å². The fourth-order valence-electron chi connectivity index (χ4n) is 1.93. The van der Waals surface area contributed by atoms with Gasteiger partial charge < -0.3 is 15.0 Å². The van der Waals surface area contributed by atoms with Crippen LogP contribution in [-0.4, -0.2) is 21.4 Å². The van der Waals surface area contributed by atoms with E-state index in [2.05, 4.69) is 17.1 Å². The van der Waals surface area contributed by atoms with Crippen LogP contribution >= 0.6 is 0 Å². The number of nitrogens with zero attached hydrogens (tertiary/aromatic N) is 3. The molecule has 0 unspecified atom stereocenters. The highest BCUT2D eigenvalue weighted by Gasteiger charge is 2.22. The van der Waals surface area contributed by atoms with Gasteiger partial charge in [0.15, 0.2) is 11.6 Å².